The second-order valence-electron chi connectivity index (χ2n) is 5.69. The number of methoxy groups -OCH3 is 3. The summed E-state index contributed by atoms with van der Waals surface area (Å²) in [5.74, 6) is 0. The Morgan fingerprint density at radius 2 is 0.893 bits per heavy atom. The molecule has 174 valence electrons. The van der Waals surface area contributed by atoms with E-state index in [0.717, 1.165) is 24.1 Å². The monoisotopic (exact) mass is 603 g/mol. The Balaban J connectivity index is -0.000000960. The average Bonchev–Trinajstić information content (AvgIpc) is 2.61. The molecule has 0 amide bonds. The van der Waals surface area contributed by atoms with Crippen molar-refractivity contribution in [2.75, 3.05) is 100 Å². The number of halogens is 3. The zero-order valence-electron chi connectivity index (χ0n) is 17.7. The lowest BCUT2D eigenvalue weighted by atomic mass is 10.3. The lowest BCUT2D eigenvalue weighted by molar-refractivity contribution is -0.881. The molecule has 10 heteroatoms. The summed E-state index contributed by atoms with van der Waals surface area (Å²) in [7, 11) is 5.04. The highest BCUT2D eigenvalue weighted by Crippen LogP contribution is 2.09. The van der Waals surface area contributed by atoms with Gasteiger partial charge in [0.25, 0.3) is 0 Å². The van der Waals surface area contributed by atoms with Crippen molar-refractivity contribution >= 4 is 34.0 Å². The number of ether oxygens (including phenoxy) is 6. The predicted octanol–water partition coefficient (Wildman–Crippen LogP) is -0.514. The fourth-order valence-electron chi connectivity index (χ4n) is 2.35. The summed E-state index contributed by atoms with van der Waals surface area (Å²) in [6.45, 7) is 10.3. The summed E-state index contributed by atoms with van der Waals surface area (Å²) in [4.78, 5) is 0. The largest absolute Gasteiger partial charge is 1.00 e. The molecular weight excluding hydrogens is 566 g/mol. The van der Waals surface area contributed by atoms with Crippen LogP contribution in [0.5, 0.6) is 0 Å². The van der Waals surface area contributed by atoms with Crippen LogP contribution in [0.3, 0.4) is 0 Å². The van der Waals surface area contributed by atoms with Crippen molar-refractivity contribution in [3.05, 3.63) is 12.3 Å². The van der Waals surface area contributed by atoms with Crippen molar-refractivity contribution in [3.8, 4) is 0 Å². The molecule has 0 saturated heterocycles. The van der Waals surface area contributed by atoms with Gasteiger partial charge in [0.15, 0.2) is 0 Å². The Morgan fingerprint density at radius 3 is 1.14 bits per heavy atom. The third-order valence-electron chi connectivity index (χ3n) is 3.80. The zero-order valence-corrected chi connectivity index (χ0v) is 22.7. The van der Waals surface area contributed by atoms with Gasteiger partial charge in [0.1, 0.15) is 19.6 Å². The zero-order chi connectivity index (χ0) is 18.6. The second kappa shape index (κ2) is 27.9. The third-order valence-corrected chi connectivity index (χ3v) is 3.80. The number of rotatable bonds is 19. The van der Waals surface area contributed by atoms with Gasteiger partial charge in [0, 0.05) is 21.3 Å². The van der Waals surface area contributed by atoms with Gasteiger partial charge in [0.05, 0.1) is 65.7 Å². The Morgan fingerprint density at radius 1 is 0.571 bits per heavy atom. The van der Waals surface area contributed by atoms with Crippen LogP contribution < -0.4 is 17.0 Å². The highest BCUT2D eigenvalue weighted by molar-refractivity contribution is 8.93. The van der Waals surface area contributed by atoms with Gasteiger partial charge >= 0.3 is 0 Å². The van der Waals surface area contributed by atoms with Gasteiger partial charge < -0.3 is 45.4 Å². The third kappa shape index (κ3) is 21.6. The fraction of sp³-hybridized carbons (Fsp3) is 0.889. The highest BCUT2D eigenvalue weighted by atomic mass is 79.9. The maximum Gasteiger partial charge on any atom is 0.107 e. The van der Waals surface area contributed by atoms with Gasteiger partial charge in [-0.05, 0) is 13.0 Å². The molecule has 0 aliphatic carbocycles. The van der Waals surface area contributed by atoms with Crippen molar-refractivity contribution in [2.45, 2.75) is 6.92 Å². The molecule has 0 atom stereocenters. The molecule has 0 heterocycles. The molecule has 0 spiro atoms. The summed E-state index contributed by atoms with van der Waals surface area (Å²) < 4.78 is 32.8. The number of quaternary nitrogens is 1. The molecule has 0 aromatic carbocycles. The Hall–Kier alpha value is 0.900. The summed E-state index contributed by atoms with van der Waals surface area (Å²) in [6, 6.07) is 0. The minimum absolute atomic E-state index is 0. The molecule has 0 aromatic heterocycles. The number of hydrogen-bond donors (Lipinski definition) is 0. The molecular formula is C18H40Br3NO6. The van der Waals surface area contributed by atoms with Gasteiger partial charge in [-0.3, -0.25) is 4.48 Å². The summed E-state index contributed by atoms with van der Waals surface area (Å²) in [5, 5.41) is 0. The molecule has 0 aliphatic heterocycles. The predicted molar refractivity (Wildman–Crippen MR) is 118 cm³/mol. The fourth-order valence-corrected chi connectivity index (χ4v) is 2.35. The van der Waals surface area contributed by atoms with Gasteiger partial charge in [-0.1, -0.05) is 0 Å². The van der Waals surface area contributed by atoms with E-state index in [1.165, 1.54) is 0 Å². The van der Waals surface area contributed by atoms with Gasteiger partial charge in [-0.25, -0.2) is 0 Å². The SMILES string of the molecule is Br.Br.CC=C[N+](CCOCCOC)(CCOCCOC)CCOCCOC.[Br-]. The van der Waals surface area contributed by atoms with Crippen molar-refractivity contribution < 1.29 is 49.9 Å². The van der Waals surface area contributed by atoms with E-state index in [9.17, 15) is 0 Å². The summed E-state index contributed by atoms with van der Waals surface area (Å²) >= 11 is 0. The van der Waals surface area contributed by atoms with Crippen molar-refractivity contribution in [1.29, 1.82) is 0 Å². The van der Waals surface area contributed by atoms with Crippen LogP contribution in [0.1, 0.15) is 6.92 Å². The van der Waals surface area contributed by atoms with Crippen molar-refractivity contribution in [1.82, 2.24) is 0 Å². The summed E-state index contributed by atoms with van der Waals surface area (Å²) in [5.41, 5.74) is 0. The number of allylic oxidation sites excluding steroid dienone is 1. The Bertz CT molecular complexity index is 279. The van der Waals surface area contributed by atoms with E-state index in [-0.39, 0.29) is 50.9 Å². The second-order valence-corrected chi connectivity index (χ2v) is 5.69. The van der Waals surface area contributed by atoms with Crippen LogP contribution in [0.2, 0.25) is 0 Å². The molecule has 28 heavy (non-hydrogen) atoms. The van der Waals surface area contributed by atoms with Crippen LogP contribution >= 0.6 is 34.0 Å². The van der Waals surface area contributed by atoms with E-state index >= 15 is 0 Å². The molecule has 0 fully saturated rings. The first kappa shape index (κ1) is 36.3. The minimum atomic E-state index is 0. The molecule has 7 nitrogen and oxygen atoms in total. The molecule has 0 N–H and O–H groups in total. The quantitative estimate of drug-likeness (QED) is 0.146. The standard InChI is InChI=1S/C18H38NO6.3BrH/c1-5-6-19(7-10-23-16-13-20-2,8-11-24-17-14-21-3)9-12-25-18-15-22-4;;;/h5-6H,7-18H2,1-4H3;3*1H/q+1;;;/p-1. The first-order valence-corrected chi connectivity index (χ1v) is 8.94. The smallest absolute Gasteiger partial charge is 0.107 e. The Kier molecular flexibility index (Phi) is 36.2. The maximum absolute atomic E-state index is 5.67. The molecule has 0 radical (unpaired) electrons. The lowest BCUT2D eigenvalue weighted by Crippen LogP contribution is -3.00. The molecule has 0 aromatic rings. The molecule has 0 unspecified atom stereocenters. The first-order chi connectivity index (χ1) is 12.2. The summed E-state index contributed by atoms with van der Waals surface area (Å²) in [6.07, 6.45) is 4.29. The normalized spacial score (nSPS) is 11.0. The van der Waals surface area contributed by atoms with E-state index in [4.69, 9.17) is 28.4 Å². The van der Waals surface area contributed by atoms with Crippen LogP contribution in [0.4, 0.5) is 0 Å². The molecule has 0 bridgehead atoms. The average molecular weight is 606 g/mol. The van der Waals surface area contributed by atoms with Gasteiger partial charge in [-0.2, -0.15) is 0 Å². The van der Waals surface area contributed by atoms with E-state index in [2.05, 4.69) is 12.3 Å². The van der Waals surface area contributed by atoms with Crippen molar-refractivity contribution in [3.63, 3.8) is 0 Å². The van der Waals surface area contributed by atoms with Crippen LogP contribution in [0.15, 0.2) is 12.3 Å². The molecule has 0 aliphatic rings. The highest BCUT2D eigenvalue weighted by Gasteiger charge is 2.24. The van der Waals surface area contributed by atoms with Crippen LogP contribution in [-0.4, -0.2) is 105 Å². The van der Waals surface area contributed by atoms with Crippen LogP contribution in [0.25, 0.3) is 0 Å². The maximum atomic E-state index is 5.67. The van der Waals surface area contributed by atoms with Gasteiger partial charge in [-0.15, -0.1) is 34.0 Å². The van der Waals surface area contributed by atoms with Crippen molar-refractivity contribution in [2.24, 2.45) is 0 Å². The number of hydrogen-bond acceptors (Lipinski definition) is 6. The minimum Gasteiger partial charge on any atom is -1.00 e. The lowest BCUT2D eigenvalue weighted by Gasteiger charge is -2.35. The van der Waals surface area contributed by atoms with Crippen LogP contribution in [-0.2, 0) is 28.4 Å². The topological polar surface area (TPSA) is 55.4 Å². The Labute approximate surface area is 202 Å². The van der Waals surface area contributed by atoms with E-state index in [1.54, 1.807) is 21.3 Å². The number of nitrogens with zero attached hydrogens (tertiary/aromatic N) is 1. The molecule has 0 saturated carbocycles. The van der Waals surface area contributed by atoms with E-state index in [1.807, 2.05) is 6.92 Å². The first-order valence-electron chi connectivity index (χ1n) is 8.94. The molecule has 0 rings (SSSR count). The van der Waals surface area contributed by atoms with E-state index in [0.29, 0.717) is 59.5 Å². The van der Waals surface area contributed by atoms with Gasteiger partial charge in [0.2, 0.25) is 0 Å². The van der Waals surface area contributed by atoms with E-state index < -0.39 is 0 Å². The van der Waals surface area contributed by atoms with Crippen LogP contribution in [0, 0.1) is 0 Å².